The maximum absolute atomic E-state index is 13.4. The number of Topliss-reactive ketones (excluding diaryl/α,β-unsaturated/α-hetero) is 1. The minimum Gasteiger partial charge on any atom is -0.347 e. The minimum atomic E-state index is -0.165. The van der Waals surface area contributed by atoms with Crippen molar-refractivity contribution >= 4 is 11.7 Å². The van der Waals surface area contributed by atoms with Gasteiger partial charge in [-0.25, -0.2) is 0 Å². The van der Waals surface area contributed by atoms with Crippen LogP contribution in [0.2, 0.25) is 0 Å². The normalized spacial score (nSPS) is 16.7. The molecule has 194 valence electrons. The molecule has 0 bridgehead atoms. The number of hydrogen-bond donors (Lipinski definition) is 1. The molecule has 0 unspecified atom stereocenters. The molecular formula is C33H35N3O2. The number of fused-ring (bicyclic) bond motifs is 1. The molecule has 0 spiro atoms. The molecule has 0 saturated heterocycles. The fraction of sp³-hybridized carbons (Fsp3) is 0.364. The maximum Gasteiger partial charge on any atom is 0.251 e. The van der Waals surface area contributed by atoms with Crippen LogP contribution < -0.4 is 5.32 Å². The Labute approximate surface area is 225 Å². The molecule has 5 heteroatoms. The van der Waals surface area contributed by atoms with Crippen LogP contribution in [0, 0.1) is 11.3 Å². The van der Waals surface area contributed by atoms with Crippen LogP contribution >= 0.6 is 0 Å². The van der Waals surface area contributed by atoms with Crippen LogP contribution in [-0.4, -0.2) is 35.2 Å². The van der Waals surface area contributed by atoms with Gasteiger partial charge in [-0.15, -0.1) is 0 Å². The van der Waals surface area contributed by atoms with Gasteiger partial charge in [0.25, 0.3) is 5.91 Å². The monoisotopic (exact) mass is 505 g/mol. The number of nitrogens with zero attached hydrogens (tertiary/aromatic N) is 2. The third-order valence-corrected chi connectivity index (χ3v) is 8.29. The van der Waals surface area contributed by atoms with E-state index in [4.69, 9.17) is 0 Å². The summed E-state index contributed by atoms with van der Waals surface area (Å²) in [6.45, 7) is 4.41. The number of benzene rings is 3. The third-order valence-electron chi connectivity index (χ3n) is 8.29. The molecule has 5 nitrogen and oxygen atoms in total. The van der Waals surface area contributed by atoms with Crippen LogP contribution in [0.4, 0.5) is 0 Å². The summed E-state index contributed by atoms with van der Waals surface area (Å²) in [7, 11) is 0. The molecule has 1 aliphatic heterocycles. The van der Waals surface area contributed by atoms with Crippen molar-refractivity contribution in [1.82, 2.24) is 10.2 Å². The van der Waals surface area contributed by atoms with Gasteiger partial charge in [0.1, 0.15) is 0 Å². The molecular weight excluding hydrogens is 470 g/mol. The van der Waals surface area contributed by atoms with Crippen molar-refractivity contribution in [3.63, 3.8) is 0 Å². The van der Waals surface area contributed by atoms with Crippen molar-refractivity contribution in [2.24, 2.45) is 0 Å². The maximum atomic E-state index is 13.4. The van der Waals surface area contributed by atoms with E-state index in [1.165, 1.54) is 17.5 Å². The highest BCUT2D eigenvalue weighted by molar-refractivity contribution is 5.96. The summed E-state index contributed by atoms with van der Waals surface area (Å²) in [6, 6.07) is 23.6. The number of carbonyl (C=O) groups is 2. The van der Waals surface area contributed by atoms with Gasteiger partial charge in [0, 0.05) is 36.3 Å². The number of hydrogen-bond acceptors (Lipinski definition) is 4. The van der Waals surface area contributed by atoms with Gasteiger partial charge in [0.15, 0.2) is 5.78 Å². The van der Waals surface area contributed by atoms with Gasteiger partial charge in [-0.05, 0) is 79.1 Å². The summed E-state index contributed by atoms with van der Waals surface area (Å²) in [5, 5.41) is 12.7. The molecule has 0 aromatic heterocycles. The zero-order valence-corrected chi connectivity index (χ0v) is 22.1. The lowest BCUT2D eigenvalue weighted by Crippen LogP contribution is -2.51. The Hall–Kier alpha value is -3.75. The molecule has 1 heterocycles. The second-order valence-electron chi connectivity index (χ2n) is 10.9. The zero-order valence-electron chi connectivity index (χ0n) is 22.1. The fourth-order valence-corrected chi connectivity index (χ4v) is 5.93. The number of amides is 1. The van der Waals surface area contributed by atoms with E-state index in [2.05, 4.69) is 22.4 Å². The fourth-order valence-electron chi connectivity index (χ4n) is 5.93. The molecule has 0 atom stereocenters. The van der Waals surface area contributed by atoms with Crippen LogP contribution in [0.15, 0.2) is 66.7 Å². The number of nitriles is 1. The van der Waals surface area contributed by atoms with Gasteiger partial charge in [-0.3, -0.25) is 14.5 Å². The third kappa shape index (κ3) is 5.87. The summed E-state index contributed by atoms with van der Waals surface area (Å²) >= 11 is 0. The molecule has 1 aliphatic carbocycles. The Bertz CT molecular complexity index is 1350. The van der Waals surface area contributed by atoms with E-state index in [9.17, 15) is 14.9 Å². The Kier molecular flexibility index (Phi) is 7.72. The number of nitrogens with one attached hydrogen (secondary N) is 1. The predicted octanol–water partition coefficient (Wildman–Crippen LogP) is 6.31. The summed E-state index contributed by atoms with van der Waals surface area (Å²) in [5.41, 5.74) is 6.60. The topological polar surface area (TPSA) is 73.2 Å². The van der Waals surface area contributed by atoms with Crippen molar-refractivity contribution in [3.8, 4) is 17.2 Å². The highest BCUT2D eigenvalue weighted by Gasteiger charge is 2.34. The molecule has 38 heavy (non-hydrogen) atoms. The second-order valence-corrected chi connectivity index (χ2v) is 10.9. The summed E-state index contributed by atoms with van der Waals surface area (Å²) in [6.07, 6.45) is 7.49. The quantitative estimate of drug-likeness (QED) is 0.382. The molecule has 1 N–H and O–H groups in total. The average Bonchev–Trinajstić information content (AvgIpc) is 2.96. The molecule has 3 aromatic carbocycles. The van der Waals surface area contributed by atoms with Gasteiger partial charge < -0.3 is 5.32 Å². The standard InChI is InChI=1S/C33H35N3O2/c1-24(37)26-7-9-27(10-8-26)28-11-13-29(14-12-28)32(38)35-33(16-3-2-4-17-33)18-20-36-19-15-30-21-25(22-34)5-6-31(30)23-36/h5-14,21H,2-4,15-20,23H2,1H3,(H,35,38). The van der Waals surface area contributed by atoms with Crippen LogP contribution in [-0.2, 0) is 13.0 Å². The molecule has 1 amide bonds. The van der Waals surface area contributed by atoms with Crippen LogP contribution in [0.25, 0.3) is 11.1 Å². The first-order chi connectivity index (χ1) is 18.4. The van der Waals surface area contributed by atoms with Crippen molar-refractivity contribution in [3.05, 3.63) is 94.5 Å². The van der Waals surface area contributed by atoms with Gasteiger partial charge in [-0.2, -0.15) is 5.26 Å². The zero-order chi connectivity index (χ0) is 26.5. The Morgan fingerprint density at radius 2 is 1.55 bits per heavy atom. The van der Waals surface area contributed by atoms with Crippen molar-refractivity contribution in [1.29, 1.82) is 5.26 Å². The van der Waals surface area contributed by atoms with Crippen molar-refractivity contribution in [2.75, 3.05) is 13.1 Å². The molecule has 5 rings (SSSR count). The smallest absolute Gasteiger partial charge is 0.251 e. The molecule has 1 saturated carbocycles. The molecule has 1 fully saturated rings. The largest absolute Gasteiger partial charge is 0.347 e. The van der Waals surface area contributed by atoms with Crippen LogP contribution in [0.5, 0.6) is 0 Å². The first-order valence-corrected chi connectivity index (χ1v) is 13.7. The van der Waals surface area contributed by atoms with E-state index >= 15 is 0 Å². The minimum absolute atomic E-state index is 0.00148. The lowest BCUT2D eigenvalue weighted by atomic mass is 9.78. The first kappa shape index (κ1) is 25.9. The lowest BCUT2D eigenvalue weighted by molar-refractivity contribution is 0.0840. The van der Waals surface area contributed by atoms with E-state index in [0.29, 0.717) is 11.1 Å². The van der Waals surface area contributed by atoms with E-state index in [1.54, 1.807) is 6.92 Å². The van der Waals surface area contributed by atoms with E-state index in [1.807, 2.05) is 60.7 Å². The summed E-state index contributed by atoms with van der Waals surface area (Å²) in [4.78, 5) is 27.4. The molecule has 2 aliphatic rings. The van der Waals surface area contributed by atoms with Gasteiger partial charge in [-0.1, -0.05) is 61.7 Å². The van der Waals surface area contributed by atoms with Crippen LogP contribution in [0.3, 0.4) is 0 Å². The molecule has 0 radical (unpaired) electrons. The Morgan fingerprint density at radius 1 is 0.895 bits per heavy atom. The number of rotatable bonds is 7. The van der Waals surface area contributed by atoms with Crippen molar-refractivity contribution in [2.45, 2.75) is 64.0 Å². The van der Waals surface area contributed by atoms with E-state index in [0.717, 1.165) is 74.8 Å². The number of carbonyl (C=O) groups excluding carboxylic acids is 2. The van der Waals surface area contributed by atoms with Gasteiger partial charge in [0.05, 0.1) is 11.6 Å². The Balaban J connectivity index is 1.23. The highest BCUT2D eigenvalue weighted by Crippen LogP contribution is 2.33. The summed E-state index contributed by atoms with van der Waals surface area (Å²) in [5.74, 6) is 0.0536. The van der Waals surface area contributed by atoms with E-state index in [-0.39, 0.29) is 17.2 Å². The van der Waals surface area contributed by atoms with Gasteiger partial charge in [0.2, 0.25) is 0 Å². The number of ketones is 1. The summed E-state index contributed by atoms with van der Waals surface area (Å²) < 4.78 is 0. The van der Waals surface area contributed by atoms with Crippen LogP contribution in [0.1, 0.15) is 82.9 Å². The predicted molar refractivity (Wildman–Crippen MR) is 150 cm³/mol. The Morgan fingerprint density at radius 3 is 2.18 bits per heavy atom. The van der Waals surface area contributed by atoms with Crippen molar-refractivity contribution < 1.29 is 9.59 Å². The lowest BCUT2D eigenvalue weighted by Gasteiger charge is -2.40. The molecule has 3 aromatic rings. The van der Waals surface area contributed by atoms with E-state index < -0.39 is 0 Å². The first-order valence-electron chi connectivity index (χ1n) is 13.7. The SMILES string of the molecule is CC(=O)c1ccc(-c2ccc(C(=O)NC3(CCN4CCc5cc(C#N)ccc5C4)CCCCC3)cc2)cc1. The highest BCUT2D eigenvalue weighted by atomic mass is 16.1. The second kappa shape index (κ2) is 11.3. The average molecular weight is 506 g/mol. The van der Waals surface area contributed by atoms with Gasteiger partial charge >= 0.3 is 0 Å².